The summed E-state index contributed by atoms with van der Waals surface area (Å²) in [6.07, 6.45) is 1.34. The molecule has 11 heavy (non-hydrogen) atoms. The molecule has 0 fully saturated rings. The number of alkyl halides is 2. The molecule has 0 amide bonds. The number of hydrogen-bond acceptors (Lipinski definition) is 2. The second kappa shape index (κ2) is 3.40. The third kappa shape index (κ3) is 2.07. The van der Waals surface area contributed by atoms with Crippen LogP contribution >= 0.6 is 23.4 Å². The molecule has 0 aromatic carbocycles. The minimum Gasteiger partial charge on any atom is -0.260 e. The first-order chi connectivity index (χ1) is 5.11. The van der Waals surface area contributed by atoms with Crippen LogP contribution in [0.15, 0.2) is 11.2 Å². The van der Waals surface area contributed by atoms with Gasteiger partial charge in [0, 0.05) is 7.05 Å². The van der Waals surface area contributed by atoms with Crippen LogP contribution < -0.4 is 0 Å². The van der Waals surface area contributed by atoms with E-state index in [1.807, 2.05) is 0 Å². The number of aryl methyl sites for hydroxylation is 1. The van der Waals surface area contributed by atoms with Crippen LogP contribution in [0.25, 0.3) is 0 Å². The van der Waals surface area contributed by atoms with Crippen LogP contribution in [-0.2, 0) is 7.05 Å². The molecule has 1 aromatic rings. The van der Waals surface area contributed by atoms with Gasteiger partial charge in [-0.25, -0.2) is 0 Å². The van der Waals surface area contributed by atoms with Crippen molar-refractivity contribution >= 4 is 23.4 Å². The van der Waals surface area contributed by atoms with Gasteiger partial charge in [-0.3, -0.25) is 4.68 Å². The molecule has 0 radical (unpaired) electrons. The molecule has 0 N–H and O–H groups in total. The van der Waals surface area contributed by atoms with E-state index >= 15 is 0 Å². The highest BCUT2D eigenvalue weighted by molar-refractivity contribution is 7.99. The summed E-state index contributed by atoms with van der Waals surface area (Å²) in [5.41, 5.74) is 0. The lowest BCUT2D eigenvalue weighted by Gasteiger charge is -1.99. The first-order valence-corrected chi connectivity index (χ1v) is 3.99. The Bertz CT molecular complexity index is 231. The number of rotatable bonds is 2. The average molecular weight is 199 g/mol. The summed E-state index contributed by atoms with van der Waals surface area (Å²) in [6.45, 7) is 0. The molecule has 0 spiro atoms. The largest absolute Gasteiger partial charge is 0.290 e. The van der Waals surface area contributed by atoms with Crippen LogP contribution in [0, 0.1) is 0 Å². The van der Waals surface area contributed by atoms with Gasteiger partial charge in [-0.1, -0.05) is 11.6 Å². The molecule has 1 aromatic heterocycles. The number of hydrogen-bond donors (Lipinski definition) is 0. The normalized spacial score (nSPS) is 11.0. The maximum absolute atomic E-state index is 11.8. The van der Waals surface area contributed by atoms with E-state index in [0.29, 0.717) is 16.8 Å². The Morgan fingerprint density at radius 3 is 2.73 bits per heavy atom. The highest BCUT2D eigenvalue weighted by Gasteiger charge is 2.12. The van der Waals surface area contributed by atoms with Gasteiger partial charge in [-0.05, 0) is 11.8 Å². The van der Waals surface area contributed by atoms with Gasteiger partial charge in [0.25, 0.3) is 5.76 Å². The molecule has 0 atom stereocenters. The van der Waals surface area contributed by atoms with Gasteiger partial charge in [0.2, 0.25) is 0 Å². The molecule has 0 aliphatic carbocycles. The van der Waals surface area contributed by atoms with E-state index in [2.05, 4.69) is 5.10 Å². The van der Waals surface area contributed by atoms with Crippen molar-refractivity contribution < 1.29 is 8.78 Å². The molecule has 1 heterocycles. The summed E-state index contributed by atoms with van der Waals surface area (Å²) in [7, 11) is 1.57. The van der Waals surface area contributed by atoms with E-state index < -0.39 is 5.76 Å². The summed E-state index contributed by atoms with van der Waals surface area (Å²) in [5.74, 6) is -2.46. The van der Waals surface area contributed by atoms with E-state index in [1.165, 1.54) is 10.9 Å². The zero-order valence-corrected chi connectivity index (χ0v) is 7.16. The van der Waals surface area contributed by atoms with E-state index in [4.69, 9.17) is 11.6 Å². The molecule has 0 aliphatic heterocycles. The summed E-state index contributed by atoms with van der Waals surface area (Å²) in [6, 6.07) is 0. The van der Waals surface area contributed by atoms with Crippen molar-refractivity contribution in [2.75, 3.05) is 0 Å². The Hall–Kier alpha value is -0.290. The summed E-state index contributed by atoms with van der Waals surface area (Å²) in [4.78, 5) is 0. The fourth-order valence-corrected chi connectivity index (χ4v) is 1.45. The maximum atomic E-state index is 11.8. The summed E-state index contributed by atoms with van der Waals surface area (Å²) >= 11 is 5.95. The van der Waals surface area contributed by atoms with E-state index in [9.17, 15) is 8.78 Å². The van der Waals surface area contributed by atoms with Gasteiger partial charge < -0.3 is 0 Å². The monoisotopic (exact) mass is 198 g/mol. The second-order valence-corrected chi connectivity index (χ2v) is 3.19. The van der Waals surface area contributed by atoms with E-state index in [0.717, 1.165) is 0 Å². The fourth-order valence-electron chi connectivity index (χ4n) is 0.616. The SMILES string of the molecule is Cn1ncc(Cl)c1SC(F)F. The highest BCUT2D eigenvalue weighted by atomic mass is 35.5. The Morgan fingerprint density at radius 1 is 1.73 bits per heavy atom. The van der Waals surface area contributed by atoms with E-state index in [1.54, 1.807) is 7.05 Å². The number of thioether (sulfide) groups is 1. The Balaban J connectivity index is 2.83. The lowest BCUT2D eigenvalue weighted by Crippen LogP contribution is -1.93. The van der Waals surface area contributed by atoms with Gasteiger partial charge in [-0.15, -0.1) is 0 Å². The molecule has 62 valence electrons. The van der Waals surface area contributed by atoms with Crippen LogP contribution in [0.2, 0.25) is 5.02 Å². The first-order valence-electron chi connectivity index (χ1n) is 2.73. The Kier molecular flexibility index (Phi) is 2.72. The second-order valence-electron chi connectivity index (χ2n) is 1.80. The summed E-state index contributed by atoms with van der Waals surface area (Å²) in [5, 5.41) is 4.25. The van der Waals surface area contributed by atoms with Crippen molar-refractivity contribution in [1.82, 2.24) is 9.78 Å². The van der Waals surface area contributed by atoms with Crippen LogP contribution in [0.4, 0.5) is 8.78 Å². The predicted octanol–water partition coefficient (Wildman–Crippen LogP) is 2.39. The lowest BCUT2D eigenvalue weighted by molar-refractivity contribution is 0.251. The smallest absolute Gasteiger partial charge is 0.260 e. The number of nitrogens with zero attached hydrogens (tertiary/aromatic N) is 2. The van der Waals surface area contributed by atoms with Crippen molar-refractivity contribution in [2.45, 2.75) is 10.8 Å². The number of halogens is 3. The molecule has 0 saturated heterocycles. The topological polar surface area (TPSA) is 17.8 Å². The van der Waals surface area contributed by atoms with Gasteiger partial charge >= 0.3 is 0 Å². The van der Waals surface area contributed by atoms with Gasteiger partial charge in [0.1, 0.15) is 5.03 Å². The third-order valence-corrected chi connectivity index (χ3v) is 2.32. The molecular formula is C5H5ClF2N2S. The zero-order valence-electron chi connectivity index (χ0n) is 5.59. The zero-order chi connectivity index (χ0) is 8.43. The lowest BCUT2D eigenvalue weighted by atomic mass is 10.7. The van der Waals surface area contributed by atoms with Crippen LogP contribution in [-0.4, -0.2) is 15.5 Å². The van der Waals surface area contributed by atoms with Crippen LogP contribution in [0.3, 0.4) is 0 Å². The van der Waals surface area contributed by atoms with Crippen molar-refractivity contribution in [2.24, 2.45) is 7.05 Å². The van der Waals surface area contributed by atoms with E-state index in [-0.39, 0.29) is 5.02 Å². The maximum Gasteiger partial charge on any atom is 0.290 e. The van der Waals surface area contributed by atoms with Gasteiger partial charge in [-0.2, -0.15) is 13.9 Å². The quantitative estimate of drug-likeness (QED) is 0.680. The van der Waals surface area contributed by atoms with Gasteiger partial charge in [0.15, 0.2) is 0 Å². The van der Waals surface area contributed by atoms with Crippen molar-refractivity contribution in [3.05, 3.63) is 11.2 Å². The predicted molar refractivity (Wildman–Crippen MR) is 40.1 cm³/mol. The Morgan fingerprint density at radius 2 is 2.36 bits per heavy atom. The Labute approximate surface area is 71.5 Å². The molecule has 6 heteroatoms. The van der Waals surface area contributed by atoms with Gasteiger partial charge in [0.05, 0.1) is 11.2 Å². The molecule has 1 rings (SSSR count). The third-order valence-electron chi connectivity index (χ3n) is 1.04. The molecule has 0 saturated carbocycles. The fraction of sp³-hybridized carbons (Fsp3) is 0.400. The minimum atomic E-state index is -2.46. The molecule has 2 nitrogen and oxygen atoms in total. The molecule has 0 unspecified atom stereocenters. The van der Waals surface area contributed by atoms with Crippen molar-refractivity contribution in [3.63, 3.8) is 0 Å². The van der Waals surface area contributed by atoms with Crippen molar-refractivity contribution in [3.8, 4) is 0 Å². The average Bonchev–Trinajstić information content (AvgIpc) is 2.18. The molecule has 0 bridgehead atoms. The summed E-state index contributed by atoms with van der Waals surface area (Å²) < 4.78 is 25.0. The molecular weight excluding hydrogens is 194 g/mol. The van der Waals surface area contributed by atoms with Crippen molar-refractivity contribution in [1.29, 1.82) is 0 Å². The molecule has 0 aliphatic rings. The first kappa shape index (κ1) is 8.80. The number of aromatic nitrogens is 2. The van der Waals surface area contributed by atoms with Crippen LogP contribution in [0.1, 0.15) is 0 Å². The van der Waals surface area contributed by atoms with Crippen LogP contribution in [0.5, 0.6) is 0 Å². The standard InChI is InChI=1S/C5H5ClF2N2S/c1-10-4(11-5(7)8)3(6)2-9-10/h2,5H,1H3. The minimum absolute atomic E-state index is 0.262. The highest BCUT2D eigenvalue weighted by Crippen LogP contribution is 2.30.